The fourth-order valence-corrected chi connectivity index (χ4v) is 4.42. The monoisotopic (exact) mass is 460 g/mol. The second kappa shape index (κ2) is 9.57. The third-order valence-electron chi connectivity index (χ3n) is 6.11. The second-order valence-corrected chi connectivity index (χ2v) is 8.61. The van der Waals surface area contributed by atoms with Crippen molar-refractivity contribution in [2.45, 2.75) is 12.5 Å². The van der Waals surface area contributed by atoms with E-state index in [-0.39, 0.29) is 16.9 Å². The van der Waals surface area contributed by atoms with Crippen LogP contribution >= 0.6 is 0 Å². The van der Waals surface area contributed by atoms with Gasteiger partial charge < -0.3 is 24.7 Å². The van der Waals surface area contributed by atoms with Gasteiger partial charge in [-0.2, -0.15) is 0 Å². The predicted octanol–water partition coefficient (Wildman–Crippen LogP) is 3.93. The highest BCUT2D eigenvalue weighted by Crippen LogP contribution is 2.42. The molecule has 4 rings (SSSR count). The van der Waals surface area contributed by atoms with Crippen LogP contribution in [0.4, 0.5) is 0 Å². The quantitative estimate of drug-likeness (QED) is 0.316. The number of phenolic OH excluding ortho intramolecular Hbond substituents is 1. The number of likely N-dealkylation sites (tertiary alicyclic amines) is 1. The number of aliphatic hydroxyl groups excluding tert-OH is 1. The van der Waals surface area contributed by atoms with E-state index >= 15 is 0 Å². The highest BCUT2D eigenvalue weighted by atomic mass is 16.5. The lowest BCUT2D eigenvalue weighted by atomic mass is 9.94. The van der Waals surface area contributed by atoms with Crippen LogP contribution in [0.15, 0.2) is 66.2 Å². The van der Waals surface area contributed by atoms with Crippen molar-refractivity contribution in [2.24, 2.45) is 0 Å². The van der Waals surface area contributed by atoms with Gasteiger partial charge in [-0.15, -0.1) is 0 Å². The number of aliphatic hydroxyl groups is 1. The van der Waals surface area contributed by atoms with E-state index in [2.05, 4.69) is 0 Å². The van der Waals surface area contributed by atoms with E-state index in [0.29, 0.717) is 29.7 Å². The lowest BCUT2D eigenvalue weighted by Crippen LogP contribution is -2.32. The van der Waals surface area contributed by atoms with E-state index in [1.165, 1.54) is 4.90 Å². The maximum Gasteiger partial charge on any atom is 0.295 e. The van der Waals surface area contributed by atoms with E-state index in [0.717, 1.165) is 11.9 Å². The molecule has 1 fully saturated rings. The van der Waals surface area contributed by atoms with Crippen molar-refractivity contribution in [3.05, 3.63) is 77.4 Å². The van der Waals surface area contributed by atoms with Gasteiger partial charge in [-0.3, -0.25) is 9.59 Å². The Morgan fingerprint density at radius 1 is 1.06 bits per heavy atom. The summed E-state index contributed by atoms with van der Waals surface area (Å²) in [6, 6.07) is 16.8. The molecular formula is C27H28N2O5. The minimum Gasteiger partial charge on any atom is -0.507 e. The predicted molar refractivity (Wildman–Crippen MR) is 131 cm³/mol. The van der Waals surface area contributed by atoms with E-state index in [4.69, 9.17) is 4.74 Å². The van der Waals surface area contributed by atoms with Crippen LogP contribution in [-0.4, -0.2) is 66.0 Å². The molecular weight excluding hydrogens is 432 g/mol. The number of carbonyl (C=O) groups is 2. The molecule has 1 heterocycles. The standard InChI is InChI=1S/C27H28N2O5/c1-28(2)14-7-15-29-23(18-9-6-10-19(16-18)34-3)22(26(32)27(29)33)25(31)21-13-12-17-8-4-5-11-20(17)24(21)30/h4-6,8-13,16,23,30-31H,7,14-15H2,1-3H3/b25-22+. The zero-order valence-electron chi connectivity index (χ0n) is 19.5. The first kappa shape index (κ1) is 23.3. The van der Waals surface area contributed by atoms with Crippen LogP contribution in [0.25, 0.3) is 16.5 Å². The summed E-state index contributed by atoms with van der Waals surface area (Å²) in [6.07, 6.45) is 0.655. The van der Waals surface area contributed by atoms with Gasteiger partial charge in [-0.25, -0.2) is 0 Å². The number of amides is 1. The van der Waals surface area contributed by atoms with Crippen molar-refractivity contribution < 1.29 is 24.5 Å². The Kier molecular flexibility index (Phi) is 6.56. The average Bonchev–Trinajstić information content (AvgIpc) is 3.09. The number of rotatable bonds is 7. The molecule has 0 bridgehead atoms. The Labute approximate surface area is 198 Å². The Morgan fingerprint density at radius 3 is 2.56 bits per heavy atom. The smallest absolute Gasteiger partial charge is 0.295 e. The number of Topliss-reactive ketones (excluding diaryl/α,β-unsaturated/α-hetero) is 1. The van der Waals surface area contributed by atoms with Crippen LogP contribution in [-0.2, 0) is 9.59 Å². The molecule has 1 amide bonds. The SMILES string of the molecule is COc1cccc(C2/C(=C(\O)c3ccc4ccccc4c3O)C(=O)C(=O)N2CCCN(C)C)c1. The number of benzene rings is 3. The molecule has 1 saturated heterocycles. The van der Waals surface area contributed by atoms with Gasteiger partial charge in [0, 0.05) is 11.9 Å². The van der Waals surface area contributed by atoms with Crippen molar-refractivity contribution in [1.82, 2.24) is 9.80 Å². The number of hydrogen-bond acceptors (Lipinski definition) is 6. The van der Waals surface area contributed by atoms with Crippen molar-refractivity contribution in [3.63, 3.8) is 0 Å². The fraction of sp³-hybridized carbons (Fsp3) is 0.259. The lowest BCUT2D eigenvalue weighted by molar-refractivity contribution is -0.139. The van der Waals surface area contributed by atoms with Crippen LogP contribution in [0.5, 0.6) is 11.5 Å². The second-order valence-electron chi connectivity index (χ2n) is 8.61. The zero-order chi connectivity index (χ0) is 24.4. The fourth-order valence-electron chi connectivity index (χ4n) is 4.42. The number of carbonyl (C=O) groups excluding carboxylic acids is 2. The summed E-state index contributed by atoms with van der Waals surface area (Å²) in [5.74, 6) is -1.41. The molecule has 3 aromatic carbocycles. The molecule has 7 heteroatoms. The number of methoxy groups -OCH3 is 1. The normalized spacial score (nSPS) is 17.6. The molecule has 0 saturated carbocycles. The molecule has 0 spiro atoms. The first-order chi connectivity index (χ1) is 16.3. The van der Waals surface area contributed by atoms with Crippen molar-refractivity contribution >= 4 is 28.2 Å². The van der Waals surface area contributed by atoms with Crippen molar-refractivity contribution in [3.8, 4) is 11.5 Å². The Hall–Kier alpha value is -3.84. The van der Waals surface area contributed by atoms with Gasteiger partial charge in [0.2, 0.25) is 0 Å². The Morgan fingerprint density at radius 2 is 1.82 bits per heavy atom. The maximum absolute atomic E-state index is 13.2. The number of fused-ring (bicyclic) bond motifs is 1. The number of phenols is 1. The first-order valence-electron chi connectivity index (χ1n) is 11.1. The van der Waals surface area contributed by atoms with E-state index in [9.17, 15) is 19.8 Å². The minimum atomic E-state index is -0.803. The van der Waals surface area contributed by atoms with E-state index in [1.54, 1.807) is 55.6 Å². The van der Waals surface area contributed by atoms with Crippen molar-refractivity contribution in [1.29, 1.82) is 0 Å². The summed E-state index contributed by atoms with van der Waals surface area (Å²) in [5, 5.41) is 23.6. The van der Waals surface area contributed by atoms with Gasteiger partial charge in [0.05, 0.1) is 24.3 Å². The summed E-state index contributed by atoms with van der Waals surface area (Å²) >= 11 is 0. The molecule has 1 unspecified atom stereocenters. The van der Waals surface area contributed by atoms with Gasteiger partial charge in [-0.1, -0.05) is 42.5 Å². The zero-order valence-corrected chi connectivity index (χ0v) is 19.5. The molecule has 1 atom stereocenters. The highest BCUT2D eigenvalue weighted by molar-refractivity contribution is 6.46. The van der Waals surface area contributed by atoms with E-state index < -0.39 is 23.5 Å². The minimum absolute atomic E-state index is 0.0475. The summed E-state index contributed by atoms with van der Waals surface area (Å²) in [7, 11) is 5.42. The molecule has 7 nitrogen and oxygen atoms in total. The van der Waals surface area contributed by atoms with Crippen LogP contribution in [0.2, 0.25) is 0 Å². The van der Waals surface area contributed by atoms with Gasteiger partial charge in [0.15, 0.2) is 0 Å². The molecule has 1 aliphatic heterocycles. The Bertz CT molecular complexity index is 1280. The molecule has 0 aliphatic carbocycles. The van der Waals surface area contributed by atoms with Gasteiger partial charge in [-0.05, 0) is 56.2 Å². The number of ether oxygens (including phenoxy) is 1. The number of hydrogen-bond donors (Lipinski definition) is 2. The molecule has 0 radical (unpaired) electrons. The first-order valence-corrected chi connectivity index (χ1v) is 11.1. The number of ketones is 1. The van der Waals surface area contributed by atoms with Crippen LogP contribution in [0.3, 0.4) is 0 Å². The Balaban J connectivity index is 1.87. The molecule has 2 N–H and O–H groups in total. The average molecular weight is 461 g/mol. The van der Waals surface area contributed by atoms with E-state index in [1.807, 2.05) is 31.1 Å². The molecule has 3 aromatic rings. The molecule has 1 aliphatic rings. The van der Waals surface area contributed by atoms with Gasteiger partial charge in [0.1, 0.15) is 17.3 Å². The summed E-state index contributed by atoms with van der Waals surface area (Å²) in [6.45, 7) is 1.07. The number of aromatic hydroxyl groups is 1. The van der Waals surface area contributed by atoms with Crippen LogP contribution < -0.4 is 4.74 Å². The number of nitrogens with zero attached hydrogens (tertiary/aromatic N) is 2. The maximum atomic E-state index is 13.2. The topological polar surface area (TPSA) is 90.3 Å². The third-order valence-corrected chi connectivity index (χ3v) is 6.11. The summed E-state index contributed by atoms with van der Waals surface area (Å²) in [5.41, 5.74) is 0.705. The van der Waals surface area contributed by atoms with Crippen molar-refractivity contribution in [2.75, 3.05) is 34.3 Å². The van der Waals surface area contributed by atoms with Crippen LogP contribution in [0, 0.1) is 0 Å². The molecule has 176 valence electrons. The lowest BCUT2D eigenvalue weighted by Gasteiger charge is -2.26. The molecule has 0 aromatic heterocycles. The largest absolute Gasteiger partial charge is 0.507 e. The summed E-state index contributed by atoms with van der Waals surface area (Å²) < 4.78 is 5.35. The van der Waals surface area contributed by atoms with Gasteiger partial charge >= 0.3 is 0 Å². The summed E-state index contributed by atoms with van der Waals surface area (Å²) in [4.78, 5) is 29.8. The highest BCUT2D eigenvalue weighted by Gasteiger charge is 2.46. The van der Waals surface area contributed by atoms with Crippen LogP contribution in [0.1, 0.15) is 23.6 Å². The molecule has 34 heavy (non-hydrogen) atoms. The van der Waals surface area contributed by atoms with Gasteiger partial charge in [0.25, 0.3) is 11.7 Å². The third kappa shape index (κ3) is 4.22.